The van der Waals surface area contributed by atoms with Gasteiger partial charge in [0.2, 0.25) is 0 Å². The molecular formula is C16H17ClFN3O. The SMILES string of the molecule is Fc1cc(CNc2ccnc(Cl)c2)ccc1N1CCOCC1. The van der Waals surface area contributed by atoms with Gasteiger partial charge in [-0.1, -0.05) is 17.7 Å². The van der Waals surface area contributed by atoms with Crippen molar-refractivity contribution in [3.05, 3.63) is 53.1 Å². The number of aromatic nitrogens is 1. The second-order valence-electron chi connectivity index (χ2n) is 5.11. The van der Waals surface area contributed by atoms with E-state index in [4.69, 9.17) is 16.3 Å². The lowest BCUT2D eigenvalue weighted by Crippen LogP contribution is -2.36. The molecule has 1 fully saturated rings. The second-order valence-corrected chi connectivity index (χ2v) is 5.49. The van der Waals surface area contributed by atoms with Crippen LogP contribution in [0.5, 0.6) is 0 Å². The number of rotatable bonds is 4. The Morgan fingerprint density at radius 1 is 1.23 bits per heavy atom. The van der Waals surface area contributed by atoms with Crippen LogP contribution in [0.15, 0.2) is 36.5 Å². The van der Waals surface area contributed by atoms with E-state index in [1.54, 1.807) is 18.3 Å². The number of hydrogen-bond acceptors (Lipinski definition) is 4. The van der Waals surface area contributed by atoms with E-state index < -0.39 is 0 Å². The van der Waals surface area contributed by atoms with Crippen LogP contribution in [0.2, 0.25) is 5.15 Å². The Bertz CT molecular complexity index is 647. The summed E-state index contributed by atoms with van der Waals surface area (Å²) in [5, 5.41) is 3.63. The molecule has 22 heavy (non-hydrogen) atoms. The summed E-state index contributed by atoms with van der Waals surface area (Å²) in [6, 6.07) is 8.89. The molecule has 2 heterocycles. The smallest absolute Gasteiger partial charge is 0.146 e. The van der Waals surface area contributed by atoms with E-state index in [1.165, 1.54) is 0 Å². The summed E-state index contributed by atoms with van der Waals surface area (Å²) < 4.78 is 19.6. The fourth-order valence-corrected chi connectivity index (χ4v) is 2.61. The van der Waals surface area contributed by atoms with Crippen molar-refractivity contribution >= 4 is 23.0 Å². The first-order valence-electron chi connectivity index (χ1n) is 7.19. The number of pyridine rings is 1. The van der Waals surface area contributed by atoms with Crippen molar-refractivity contribution in [2.45, 2.75) is 6.54 Å². The van der Waals surface area contributed by atoms with Crippen LogP contribution in [-0.2, 0) is 11.3 Å². The van der Waals surface area contributed by atoms with Gasteiger partial charge in [-0.05, 0) is 29.8 Å². The molecule has 0 spiro atoms. The third-order valence-corrected chi connectivity index (χ3v) is 3.79. The van der Waals surface area contributed by atoms with Gasteiger partial charge in [-0.15, -0.1) is 0 Å². The van der Waals surface area contributed by atoms with Crippen molar-refractivity contribution in [2.75, 3.05) is 36.5 Å². The Hall–Kier alpha value is -1.85. The number of hydrogen-bond donors (Lipinski definition) is 1. The van der Waals surface area contributed by atoms with Gasteiger partial charge in [0, 0.05) is 31.5 Å². The van der Waals surface area contributed by atoms with Crippen LogP contribution < -0.4 is 10.2 Å². The van der Waals surface area contributed by atoms with Crippen molar-refractivity contribution in [1.82, 2.24) is 4.98 Å². The van der Waals surface area contributed by atoms with Crippen LogP contribution in [-0.4, -0.2) is 31.3 Å². The number of benzene rings is 1. The molecule has 3 rings (SSSR count). The predicted octanol–water partition coefficient (Wildman–Crippen LogP) is 3.32. The van der Waals surface area contributed by atoms with Crippen LogP contribution in [0.25, 0.3) is 0 Å². The van der Waals surface area contributed by atoms with Crippen molar-refractivity contribution in [3.8, 4) is 0 Å². The Balaban J connectivity index is 1.66. The molecule has 116 valence electrons. The molecule has 2 aromatic rings. The second kappa shape index (κ2) is 6.94. The minimum atomic E-state index is -0.200. The zero-order valence-electron chi connectivity index (χ0n) is 12.1. The largest absolute Gasteiger partial charge is 0.381 e. The topological polar surface area (TPSA) is 37.4 Å². The lowest BCUT2D eigenvalue weighted by molar-refractivity contribution is 0.122. The molecule has 1 aliphatic rings. The Morgan fingerprint density at radius 3 is 2.77 bits per heavy atom. The van der Waals surface area contributed by atoms with Gasteiger partial charge < -0.3 is 15.0 Å². The van der Waals surface area contributed by atoms with Gasteiger partial charge >= 0.3 is 0 Å². The quantitative estimate of drug-likeness (QED) is 0.877. The summed E-state index contributed by atoms with van der Waals surface area (Å²) in [6.07, 6.45) is 1.63. The standard InChI is InChI=1S/C16H17ClFN3O/c17-16-10-13(3-4-19-16)20-11-12-1-2-15(14(18)9-12)21-5-7-22-8-6-21/h1-4,9-10H,5-8,11H2,(H,19,20). The maximum absolute atomic E-state index is 14.3. The molecule has 0 radical (unpaired) electrons. The molecule has 0 atom stereocenters. The number of anilines is 2. The first-order valence-corrected chi connectivity index (χ1v) is 7.57. The third kappa shape index (κ3) is 3.67. The molecule has 1 saturated heterocycles. The molecule has 0 aliphatic carbocycles. The highest BCUT2D eigenvalue weighted by Crippen LogP contribution is 2.22. The van der Waals surface area contributed by atoms with E-state index in [-0.39, 0.29) is 5.82 Å². The molecule has 0 amide bonds. The lowest BCUT2D eigenvalue weighted by atomic mass is 10.1. The molecule has 6 heteroatoms. The maximum Gasteiger partial charge on any atom is 0.146 e. The Kier molecular flexibility index (Phi) is 4.75. The minimum absolute atomic E-state index is 0.200. The maximum atomic E-state index is 14.3. The summed E-state index contributed by atoms with van der Waals surface area (Å²) in [7, 11) is 0. The average Bonchev–Trinajstić information content (AvgIpc) is 2.54. The zero-order valence-corrected chi connectivity index (χ0v) is 12.8. The first kappa shape index (κ1) is 15.1. The first-order chi connectivity index (χ1) is 10.7. The molecule has 4 nitrogen and oxygen atoms in total. The number of halogens is 2. The van der Waals surface area contributed by atoms with Crippen LogP contribution in [0.3, 0.4) is 0 Å². The molecule has 0 unspecified atom stereocenters. The molecular weight excluding hydrogens is 305 g/mol. The van der Waals surface area contributed by atoms with E-state index in [2.05, 4.69) is 10.3 Å². The van der Waals surface area contributed by atoms with Gasteiger partial charge in [0.15, 0.2) is 0 Å². The number of morpholine rings is 1. The summed E-state index contributed by atoms with van der Waals surface area (Å²) >= 11 is 5.83. The van der Waals surface area contributed by atoms with Gasteiger partial charge in [0.25, 0.3) is 0 Å². The highest BCUT2D eigenvalue weighted by atomic mass is 35.5. The van der Waals surface area contributed by atoms with E-state index in [9.17, 15) is 4.39 Å². The van der Waals surface area contributed by atoms with Crippen molar-refractivity contribution in [1.29, 1.82) is 0 Å². The van der Waals surface area contributed by atoms with Gasteiger partial charge in [-0.3, -0.25) is 0 Å². The van der Waals surface area contributed by atoms with E-state index in [0.29, 0.717) is 30.6 Å². The monoisotopic (exact) mass is 321 g/mol. The molecule has 1 N–H and O–H groups in total. The highest BCUT2D eigenvalue weighted by Gasteiger charge is 2.15. The normalized spacial score (nSPS) is 14.9. The number of nitrogens with one attached hydrogen (secondary N) is 1. The molecule has 1 aromatic heterocycles. The predicted molar refractivity (Wildman–Crippen MR) is 86.0 cm³/mol. The zero-order chi connectivity index (χ0) is 15.4. The van der Waals surface area contributed by atoms with Gasteiger partial charge in [0.05, 0.1) is 18.9 Å². The molecule has 0 bridgehead atoms. The summed E-state index contributed by atoms with van der Waals surface area (Å²) in [5.74, 6) is -0.200. The van der Waals surface area contributed by atoms with E-state index >= 15 is 0 Å². The van der Waals surface area contributed by atoms with Crippen LogP contribution in [0.4, 0.5) is 15.8 Å². The van der Waals surface area contributed by atoms with Crippen LogP contribution in [0.1, 0.15) is 5.56 Å². The third-order valence-electron chi connectivity index (χ3n) is 3.59. The van der Waals surface area contributed by atoms with Gasteiger partial charge in [0.1, 0.15) is 11.0 Å². The van der Waals surface area contributed by atoms with Crippen LogP contribution in [0, 0.1) is 5.82 Å². The lowest BCUT2D eigenvalue weighted by Gasteiger charge is -2.29. The fraction of sp³-hybridized carbons (Fsp3) is 0.312. The van der Waals surface area contributed by atoms with Gasteiger partial charge in [-0.2, -0.15) is 0 Å². The minimum Gasteiger partial charge on any atom is -0.381 e. The molecule has 1 aliphatic heterocycles. The highest BCUT2D eigenvalue weighted by molar-refractivity contribution is 6.29. The van der Waals surface area contributed by atoms with Crippen molar-refractivity contribution < 1.29 is 9.13 Å². The van der Waals surface area contributed by atoms with Crippen molar-refractivity contribution in [3.63, 3.8) is 0 Å². The number of nitrogens with zero attached hydrogens (tertiary/aromatic N) is 2. The molecule has 0 saturated carbocycles. The van der Waals surface area contributed by atoms with Crippen molar-refractivity contribution in [2.24, 2.45) is 0 Å². The average molecular weight is 322 g/mol. The Morgan fingerprint density at radius 2 is 2.05 bits per heavy atom. The van der Waals surface area contributed by atoms with E-state index in [0.717, 1.165) is 24.3 Å². The van der Waals surface area contributed by atoms with E-state index in [1.807, 2.05) is 23.1 Å². The summed E-state index contributed by atoms with van der Waals surface area (Å²) in [5.41, 5.74) is 2.37. The molecule has 1 aromatic carbocycles. The van der Waals surface area contributed by atoms with Gasteiger partial charge in [-0.25, -0.2) is 9.37 Å². The number of ether oxygens (including phenoxy) is 1. The summed E-state index contributed by atoms with van der Waals surface area (Å²) in [4.78, 5) is 5.93. The van der Waals surface area contributed by atoms with Crippen LogP contribution >= 0.6 is 11.6 Å². The Labute approximate surface area is 133 Å². The fourth-order valence-electron chi connectivity index (χ4n) is 2.44. The summed E-state index contributed by atoms with van der Waals surface area (Å²) in [6.45, 7) is 3.27.